The molecule has 0 amide bonds. The van der Waals surface area contributed by atoms with Gasteiger partial charge in [0.15, 0.2) is 11.3 Å². The first kappa shape index (κ1) is 46.4. The highest BCUT2D eigenvalue weighted by molar-refractivity contribution is 7.91. The van der Waals surface area contributed by atoms with Crippen LogP contribution in [-0.4, -0.2) is 76.3 Å². The van der Waals surface area contributed by atoms with Crippen molar-refractivity contribution < 1.29 is 21.4 Å². The van der Waals surface area contributed by atoms with Gasteiger partial charge in [-0.1, -0.05) is 101 Å². The molecule has 0 aliphatic heterocycles. The number of hydrogen-bond acceptors (Lipinski definition) is 11. The lowest BCUT2D eigenvalue weighted by atomic mass is 9.86. The summed E-state index contributed by atoms with van der Waals surface area (Å²) in [6.07, 6.45) is 10.5. The molecule has 0 radical (unpaired) electrons. The van der Waals surface area contributed by atoms with Gasteiger partial charge >= 0.3 is 0 Å². The largest absolute Gasteiger partial charge is 0.363 e. The number of aromatic amines is 2. The summed E-state index contributed by atoms with van der Waals surface area (Å²) in [5.41, 5.74) is 12.3. The standard InChI is InChI=1S/C24H29N5O3S.C23H26N4O2S2/c1-16-20(15-32-28-16)33(30,31)29(5)14-6-7-19-21(27-23-22(19)25-12-13-26-23)17-8-10-18(11-9-17)24(2,3)4;1-23(2,3)17-10-8-16(9-11-17)20-18(21-22(27-20)25-14-13-24-21)6-4-12-26-31(28,29)19-7-5-15-30-19/h8-13,15H,6-7,14H2,1-5H3,(H,26,27);5,7-11,13-15,26H,4,6,12H2,1-3H3,(H,25,27). The molecule has 3 N–H and O–H groups in total. The maximum absolute atomic E-state index is 12.8. The first-order valence-corrected chi connectivity index (χ1v) is 24.9. The van der Waals surface area contributed by atoms with Crippen molar-refractivity contribution in [3.8, 4) is 22.5 Å². The van der Waals surface area contributed by atoms with Crippen LogP contribution in [0.3, 0.4) is 0 Å². The minimum absolute atomic E-state index is 0.0733. The van der Waals surface area contributed by atoms with Crippen LogP contribution in [0.1, 0.15) is 82.3 Å². The summed E-state index contributed by atoms with van der Waals surface area (Å²) in [4.78, 5) is 24.8. The summed E-state index contributed by atoms with van der Waals surface area (Å²) in [5.74, 6) is 0. The summed E-state index contributed by atoms with van der Waals surface area (Å²) in [5, 5.41) is 5.45. The Morgan fingerprint density at radius 3 is 1.66 bits per heavy atom. The number of H-pyrrole nitrogens is 2. The van der Waals surface area contributed by atoms with E-state index in [2.05, 4.69) is 130 Å². The smallest absolute Gasteiger partial charge is 0.250 e. The molecule has 17 heteroatoms. The second-order valence-corrected chi connectivity index (χ2v) is 22.7. The van der Waals surface area contributed by atoms with Gasteiger partial charge in [-0.25, -0.2) is 35.8 Å². The molecule has 0 unspecified atom stereocenters. The van der Waals surface area contributed by atoms with Crippen LogP contribution in [0.15, 0.2) is 111 Å². The van der Waals surface area contributed by atoms with Crippen molar-refractivity contribution in [1.82, 2.24) is 44.1 Å². The molecule has 64 heavy (non-hydrogen) atoms. The summed E-state index contributed by atoms with van der Waals surface area (Å²) in [7, 11) is -5.53. The highest BCUT2D eigenvalue weighted by atomic mass is 32.2. The lowest BCUT2D eigenvalue weighted by Gasteiger charge is -2.19. The fourth-order valence-electron chi connectivity index (χ4n) is 7.44. The third-order valence-electron chi connectivity index (χ3n) is 11.1. The number of fused-ring (bicyclic) bond motifs is 2. The third kappa shape index (κ3) is 10.3. The van der Waals surface area contributed by atoms with Gasteiger partial charge in [0.25, 0.3) is 0 Å². The number of hydrogen-bond donors (Lipinski definition) is 3. The van der Waals surface area contributed by atoms with Gasteiger partial charge in [-0.3, -0.25) is 9.97 Å². The van der Waals surface area contributed by atoms with Crippen LogP contribution in [-0.2, 0) is 43.7 Å². The van der Waals surface area contributed by atoms with Gasteiger partial charge in [-0.2, -0.15) is 0 Å². The lowest BCUT2D eigenvalue weighted by molar-refractivity contribution is 0.412. The van der Waals surface area contributed by atoms with E-state index in [0.717, 1.165) is 56.0 Å². The van der Waals surface area contributed by atoms with E-state index in [1.165, 1.54) is 33.0 Å². The van der Waals surface area contributed by atoms with E-state index in [4.69, 9.17) is 4.52 Å². The van der Waals surface area contributed by atoms with Crippen molar-refractivity contribution in [1.29, 1.82) is 0 Å². The average molecular weight is 922 g/mol. The molecule has 0 saturated carbocycles. The Hall–Kier alpha value is -5.59. The van der Waals surface area contributed by atoms with Gasteiger partial charge in [0.1, 0.15) is 32.1 Å². The van der Waals surface area contributed by atoms with Crippen molar-refractivity contribution in [3.63, 3.8) is 0 Å². The quantitative estimate of drug-likeness (QED) is 0.0886. The van der Waals surface area contributed by atoms with Gasteiger partial charge in [0.2, 0.25) is 20.0 Å². The van der Waals surface area contributed by atoms with E-state index in [1.807, 2.05) is 0 Å². The number of rotatable bonds is 14. The van der Waals surface area contributed by atoms with Crippen molar-refractivity contribution >= 4 is 53.7 Å². The van der Waals surface area contributed by atoms with Crippen LogP contribution in [0.4, 0.5) is 0 Å². The second kappa shape index (κ2) is 18.9. The van der Waals surface area contributed by atoms with Gasteiger partial charge in [-0.05, 0) is 77.1 Å². The number of nitrogens with zero attached hydrogens (tertiary/aromatic N) is 6. The van der Waals surface area contributed by atoms with Gasteiger partial charge in [0.05, 0.1) is 11.4 Å². The molecule has 0 fully saturated rings. The van der Waals surface area contributed by atoms with Crippen LogP contribution in [0, 0.1) is 6.92 Å². The van der Waals surface area contributed by atoms with E-state index in [0.29, 0.717) is 48.7 Å². The molecule has 0 bridgehead atoms. The van der Waals surface area contributed by atoms with E-state index >= 15 is 0 Å². The fourth-order valence-corrected chi connectivity index (χ4v) is 10.8. The molecule has 6 aromatic heterocycles. The zero-order valence-corrected chi connectivity index (χ0v) is 39.9. The molecule has 14 nitrogen and oxygen atoms in total. The summed E-state index contributed by atoms with van der Waals surface area (Å²) in [6, 6.07) is 20.4. The monoisotopic (exact) mass is 921 g/mol. The molecular weight excluding hydrogens is 867 g/mol. The van der Waals surface area contributed by atoms with Crippen LogP contribution in [0.5, 0.6) is 0 Å². The highest BCUT2D eigenvalue weighted by Gasteiger charge is 2.26. The lowest BCUT2D eigenvalue weighted by Crippen LogP contribution is -2.28. The van der Waals surface area contributed by atoms with E-state index in [1.54, 1.807) is 56.3 Å². The number of thiophene rings is 1. The zero-order valence-electron chi connectivity index (χ0n) is 37.4. The molecule has 8 aromatic rings. The van der Waals surface area contributed by atoms with Crippen LogP contribution in [0.2, 0.25) is 0 Å². The topological polar surface area (TPSA) is 193 Å². The van der Waals surface area contributed by atoms with Gasteiger partial charge in [-0.15, -0.1) is 11.3 Å². The Morgan fingerprint density at radius 1 is 0.703 bits per heavy atom. The first-order chi connectivity index (χ1) is 30.3. The maximum atomic E-state index is 12.8. The molecule has 0 aliphatic rings. The molecule has 2 aromatic carbocycles. The molecule has 0 atom stereocenters. The Balaban J connectivity index is 0.000000192. The first-order valence-electron chi connectivity index (χ1n) is 21.1. The van der Waals surface area contributed by atoms with E-state index in [-0.39, 0.29) is 15.7 Å². The van der Waals surface area contributed by atoms with Gasteiger partial charge in [0, 0.05) is 56.1 Å². The predicted octanol–water partition coefficient (Wildman–Crippen LogP) is 9.37. The molecule has 0 spiro atoms. The molecule has 0 aliphatic carbocycles. The summed E-state index contributed by atoms with van der Waals surface area (Å²) >= 11 is 1.22. The number of aryl methyl sites for hydroxylation is 3. The minimum atomic E-state index is -3.65. The number of nitrogens with one attached hydrogen (secondary N) is 3. The van der Waals surface area contributed by atoms with Crippen LogP contribution >= 0.6 is 11.3 Å². The van der Waals surface area contributed by atoms with E-state index in [9.17, 15) is 16.8 Å². The zero-order chi connectivity index (χ0) is 45.9. The maximum Gasteiger partial charge on any atom is 0.250 e. The van der Waals surface area contributed by atoms with Crippen LogP contribution in [0.25, 0.3) is 44.8 Å². The average Bonchev–Trinajstić information content (AvgIpc) is 4.09. The summed E-state index contributed by atoms with van der Waals surface area (Å²) < 4.78 is 59.5. The Bertz CT molecular complexity index is 3050. The van der Waals surface area contributed by atoms with E-state index < -0.39 is 20.0 Å². The summed E-state index contributed by atoms with van der Waals surface area (Å²) in [6.45, 7) is 15.5. The van der Waals surface area contributed by atoms with Crippen molar-refractivity contribution in [2.45, 2.75) is 94.1 Å². The predicted molar refractivity (Wildman–Crippen MR) is 253 cm³/mol. The Labute approximate surface area is 379 Å². The number of benzene rings is 2. The molecule has 336 valence electrons. The van der Waals surface area contributed by atoms with Crippen molar-refractivity contribution in [2.24, 2.45) is 0 Å². The van der Waals surface area contributed by atoms with Crippen molar-refractivity contribution in [3.05, 3.63) is 125 Å². The Morgan fingerprint density at radius 2 is 1.20 bits per heavy atom. The highest BCUT2D eigenvalue weighted by Crippen LogP contribution is 2.33. The molecular formula is C47H55N9O5S3. The van der Waals surface area contributed by atoms with Crippen LogP contribution < -0.4 is 4.72 Å². The minimum Gasteiger partial charge on any atom is -0.363 e. The third-order valence-corrected chi connectivity index (χ3v) is 15.9. The number of aromatic nitrogens is 7. The molecule has 0 saturated heterocycles. The molecule has 6 heterocycles. The number of sulfonamides is 2. The normalized spacial score (nSPS) is 12.6. The fraction of sp³-hybridized carbons (Fsp3) is 0.340. The SMILES string of the molecule is CC(C)(C)c1ccc(-c2[nH]c3nccnc3c2CCCNS(=O)(=O)c2cccs2)cc1.Cc1nocc1S(=O)(=O)N(C)CCCc1c(-c2ccc(C(C)(C)C)cc2)[nH]c2nccnc12. The van der Waals surface area contributed by atoms with Crippen molar-refractivity contribution in [2.75, 3.05) is 20.1 Å². The Kier molecular flexibility index (Phi) is 13.7. The van der Waals surface area contributed by atoms with Gasteiger partial charge < -0.3 is 14.5 Å². The molecule has 8 rings (SSSR count). The second-order valence-electron chi connectivity index (χ2n) is 17.7.